The highest BCUT2D eigenvalue weighted by Gasteiger charge is 2.48. The predicted octanol–water partition coefficient (Wildman–Crippen LogP) is 3.33. The minimum absolute atomic E-state index is 0.144. The number of rotatable bonds is 5. The number of nitrogens with two attached hydrogens (primary N) is 1. The van der Waals surface area contributed by atoms with Crippen LogP contribution in [0.4, 0.5) is 10.1 Å². The zero-order chi connectivity index (χ0) is 15.7. The lowest BCUT2D eigenvalue weighted by Crippen LogP contribution is -2.47. The van der Waals surface area contributed by atoms with Crippen molar-refractivity contribution in [2.75, 3.05) is 18.0 Å². The molecule has 1 heterocycles. The topological polar surface area (TPSA) is 38.5 Å². The van der Waals surface area contributed by atoms with Crippen molar-refractivity contribution in [2.24, 2.45) is 5.73 Å². The van der Waals surface area contributed by atoms with Gasteiger partial charge in [-0.05, 0) is 71.3 Å². The molecule has 2 N–H and O–H groups in total. The van der Waals surface area contributed by atoms with E-state index in [0.717, 1.165) is 25.1 Å². The van der Waals surface area contributed by atoms with Crippen molar-refractivity contribution in [3.05, 3.63) is 30.1 Å². The summed E-state index contributed by atoms with van der Waals surface area (Å²) in [5.41, 5.74) is 6.33. The molecular formula is C17H27FN2O. The fraction of sp³-hybridized carbons (Fsp3) is 0.647. The summed E-state index contributed by atoms with van der Waals surface area (Å²) in [5.74, 6) is -0.209. The monoisotopic (exact) mass is 294 g/mol. The second-order valence-corrected chi connectivity index (χ2v) is 7.00. The van der Waals surface area contributed by atoms with Crippen LogP contribution >= 0.6 is 0 Å². The van der Waals surface area contributed by atoms with Gasteiger partial charge in [0.15, 0.2) is 0 Å². The summed E-state index contributed by atoms with van der Waals surface area (Å²) >= 11 is 0. The summed E-state index contributed by atoms with van der Waals surface area (Å²) in [6, 6.07) is 6.96. The van der Waals surface area contributed by atoms with Crippen LogP contribution in [-0.4, -0.2) is 30.3 Å². The van der Waals surface area contributed by atoms with Crippen LogP contribution in [0.1, 0.15) is 40.5 Å². The van der Waals surface area contributed by atoms with Gasteiger partial charge in [-0.15, -0.1) is 0 Å². The lowest BCUT2D eigenvalue weighted by Gasteiger charge is -2.38. The van der Waals surface area contributed by atoms with Gasteiger partial charge in [-0.1, -0.05) is 0 Å². The average Bonchev–Trinajstić information content (AvgIpc) is 2.60. The molecule has 0 amide bonds. The maximum atomic E-state index is 13.2. The Kier molecular flexibility index (Phi) is 4.59. The quantitative estimate of drug-likeness (QED) is 0.905. The van der Waals surface area contributed by atoms with E-state index < -0.39 is 0 Å². The molecule has 0 bridgehead atoms. The predicted molar refractivity (Wildman–Crippen MR) is 85.1 cm³/mol. The van der Waals surface area contributed by atoms with Crippen molar-refractivity contribution in [1.29, 1.82) is 0 Å². The molecule has 118 valence electrons. The molecular weight excluding hydrogens is 267 g/mol. The van der Waals surface area contributed by atoms with Crippen LogP contribution < -0.4 is 10.6 Å². The Morgan fingerprint density at radius 1 is 1.24 bits per heavy atom. The van der Waals surface area contributed by atoms with Gasteiger partial charge in [0, 0.05) is 12.2 Å². The molecule has 0 aliphatic carbocycles. The summed E-state index contributed by atoms with van der Waals surface area (Å²) in [5, 5.41) is 0. The van der Waals surface area contributed by atoms with E-state index in [0.29, 0.717) is 6.54 Å². The molecule has 1 aromatic carbocycles. The molecule has 21 heavy (non-hydrogen) atoms. The van der Waals surface area contributed by atoms with Crippen molar-refractivity contribution in [3.63, 3.8) is 0 Å². The Labute approximate surface area is 127 Å². The van der Waals surface area contributed by atoms with Gasteiger partial charge in [0.25, 0.3) is 0 Å². The molecule has 3 nitrogen and oxygen atoms in total. The van der Waals surface area contributed by atoms with E-state index in [1.165, 1.54) is 12.1 Å². The highest BCUT2D eigenvalue weighted by molar-refractivity contribution is 5.48. The Morgan fingerprint density at radius 2 is 1.86 bits per heavy atom. The normalized spacial score (nSPS) is 23.2. The minimum Gasteiger partial charge on any atom is -0.367 e. The smallest absolute Gasteiger partial charge is 0.123 e. The summed E-state index contributed by atoms with van der Waals surface area (Å²) in [7, 11) is 0. The van der Waals surface area contributed by atoms with Crippen LogP contribution in [0.5, 0.6) is 0 Å². The molecule has 0 aromatic heterocycles. The van der Waals surface area contributed by atoms with Crippen molar-refractivity contribution in [3.8, 4) is 0 Å². The molecule has 1 aromatic rings. The summed E-state index contributed by atoms with van der Waals surface area (Å²) in [6.45, 7) is 10.0. The second kappa shape index (κ2) is 5.93. The highest BCUT2D eigenvalue weighted by Crippen LogP contribution is 2.41. The molecule has 1 aliphatic rings. The van der Waals surface area contributed by atoms with Gasteiger partial charge in [0.05, 0.1) is 17.2 Å². The van der Waals surface area contributed by atoms with Crippen LogP contribution in [0.25, 0.3) is 0 Å². The first-order chi connectivity index (χ1) is 9.75. The van der Waals surface area contributed by atoms with Gasteiger partial charge in [-0.3, -0.25) is 0 Å². The number of ether oxygens (including phenoxy) is 1. The maximum absolute atomic E-state index is 13.2. The largest absolute Gasteiger partial charge is 0.367 e. The second-order valence-electron chi connectivity index (χ2n) is 7.00. The van der Waals surface area contributed by atoms with Gasteiger partial charge in [-0.2, -0.15) is 0 Å². The SMILES string of the molecule is CC1(C)CC(N(CCCN)c2ccc(F)cc2)C(C)(C)O1. The van der Waals surface area contributed by atoms with E-state index in [2.05, 4.69) is 32.6 Å². The third-order valence-electron chi connectivity index (χ3n) is 4.16. The van der Waals surface area contributed by atoms with Crippen molar-refractivity contribution >= 4 is 5.69 Å². The molecule has 1 unspecified atom stereocenters. The highest BCUT2D eigenvalue weighted by atomic mass is 19.1. The zero-order valence-electron chi connectivity index (χ0n) is 13.5. The van der Waals surface area contributed by atoms with Gasteiger partial charge < -0.3 is 15.4 Å². The molecule has 0 saturated carbocycles. The Morgan fingerprint density at radius 3 is 2.33 bits per heavy atom. The first-order valence-electron chi connectivity index (χ1n) is 7.68. The van der Waals surface area contributed by atoms with Gasteiger partial charge >= 0.3 is 0 Å². The van der Waals surface area contributed by atoms with E-state index in [-0.39, 0.29) is 23.1 Å². The van der Waals surface area contributed by atoms with Crippen molar-refractivity contribution in [2.45, 2.75) is 57.8 Å². The minimum atomic E-state index is -0.244. The Hall–Kier alpha value is -1.13. The van der Waals surface area contributed by atoms with E-state index in [1.54, 1.807) is 0 Å². The van der Waals surface area contributed by atoms with Gasteiger partial charge in [0.2, 0.25) is 0 Å². The summed E-state index contributed by atoms with van der Waals surface area (Å²) in [4.78, 5) is 2.32. The van der Waals surface area contributed by atoms with E-state index in [4.69, 9.17) is 10.5 Å². The van der Waals surface area contributed by atoms with Crippen molar-refractivity contribution < 1.29 is 9.13 Å². The fourth-order valence-corrected chi connectivity index (χ4v) is 3.38. The molecule has 1 saturated heterocycles. The van der Waals surface area contributed by atoms with Gasteiger partial charge in [-0.25, -0.2) is 4.39 Å². The molecule has 1 atom stereocenters. The van der Waals surface area contributed by atoms with E-state index >= 15 is 0 Å². The summed E-state index contributed by atoms with van der Waals surface area (Å²) in [6.07, 6.45) is 1.85. The van der Waals surface area contributed by atoms with Crippen LogP contribution in [0.2, 0.25) is 0 Å². The number of halogens is 1. The Bertz CT molecular complexity index is 470. The number of anilines is 1. The molecule has 0 spiro atoms. The molecule has 0 radical (unpaired) electrons. The molecule has 4 heteroatoms. The van der Waals surface area contributed by atoms with Crippen LogP contribution in [0.15, 0.2) is 24.3 Å². The van der Waals surface area contributed by atoms with Crippen LogP contribution in [0.3, 0.4) is 0 Å². The number of hydrogen-bond acceptors (Lipinski definition) is 3. The molecule has 2 rings (SSSR count). The number of hydrogen-bond donors (Lipinski definition) is 1. The van der Waals surface area contributed by atoms with E-state index in [9.17, 15) is 4.39 Å². The molecule has 1 aliphatic heterocycles. The maximum Gasteiger partial charge on any atom is 0.123 e. The van der Waals surface area contributed by atoms with Crippen LogP contribution in [-0.2, 0) is 4.74 Å². The number of benzene rings is 1. The summed E-state index contributed by atoms with van der Waals surface area (Å²) < 4.78 is 19.4. The Balaban J connectivity index is 2.29. The first-order valence-corrected chi connectivity index (χ1v) is 7.68. The lowest BCUT2D eigenvalue weighted by atomic mass is 9.92. The molecule has 1 fully saturated rings. The first kappa shape index (κ1) is 16.2. The van der Waals surface area contributed by atoms with Crippen molar-refractivity contribution in [1.82, 2.24) is 0 Å². The third kappa shape index (κ3) is 3.74. The number of nitrogens with zero attached hydrogens (tertiary/aromatic N) is 1. The average molecular weight is 294 g/mol. The van der Waals surface area contributed by atoms with Gasteiger partial charge in [0.1, 0.15) is 5.82 Å². The third-order valence-corrected chi connectivity index (χ3v) is 4.16. The lowest BCUT2D eigenvalue weighted by molar-refractivity contribution is -0.0679. The van der Waals surface area contributed by atoms with E-state index in [1.807, 2.05) is 12.1 Å². The zero-order valence-corrected chi connectivity index (χ0v) is 13.5. The van der Waals surface area contributed by atoms with Crippen LogP contribution in [0, 0.1) is 5.82 Å². The fourth-order valence-electron chi connectivity index (χ4n) is 3.38. The standard InChI is InChI=1S/C17H27FN2O/c1-16(2)12-15(17(3,4)21-16)20(11-5-10-19)14-8-6-13(18)7-9-14/h6-9,15H,5,10-12,19H2,1-4H3.